The van der Waals surface area contributed by atoms with Gasteiger partial charge in [0.2, 0.25) is 0 Å². The maximum absolute atomic E-state index is 9.60. The van der Waals surface area contributed by atoms with Gasteiger partial charge in [-0.15, -0.1) is 0 Å². The van der Waals surface area contributed by atoms with E-state index in [1.165, 1.54) is 6.07 Å². The number of aliphatic hydroxyl groups is 3. The zero-order valence-corrected chi connectivity index (χ0v) is 7.46. The second-order valence-electron chi connectivity index (χ2n) is 3.54. The van der Waals surface area contributed by atoms with Crippen LogP contribution in [0.5, 0.6) is 5.75 Å². The summed E-state index contributed by atoms with van der Waals surface area (Å²) in [6, 6.07) is 4.61. The summed E-state index contributed by atoms with van der Waals surface area (Å²) in [4.78, 5) is 0. The molecule has 76 valence electrons. The lowest BCUT2D eigenvalue weighted by molar-refractivity contribution is -0.0294. The van der Waals surface area contributed by atoms with Gasteiger partial charge in [-0.3, -0.25) is 0 Å². The fourth-order valence-electron chi connectivity index (χ4n) is 1.87. The number of aromatic hydroxyl groups is 1. The second-order valence-corrected chi connectivity index (χ2v) is 3.54. The van der Waals surface area contributed by atoms with Crippen LogP contribution in [0.15, 0.2) is 18.2 Å². The van der Waals surface area contributed by atoms with Crippen LogP contribution in [-0.2, 0) is 0 Å². The number of benzene rings is 1. The summed E-state index contributed by atoms with van der Waals surface area (Å²) in [6.45, 7) is 0. The van der Waals surface area contributed by atoms with Crippen molar-refractivity contribution in [2.75, 3.05) is 0 Å². The summed E-state index contributed by atoms with van der Waals surface area (Å²) in [6.07, 6.45) is -2.87. The molecule has 3 atom stereocenters. The van der Waals surface area contributed by atoms with Gasteiger partial charge in [0.1, 0.15) is 11.9 Å². The molecule has 14 heavy (non-hydrogen) atoms. The van der Waals surface area contributed by atoms with E-state index in [2.05, 4.69) is 0 Å². The van der Waals surface area contributed by atoms with Crippen LogP contribution in [0.3, 0.4) is 0 Å². The molecule has 0 heterocycles. The molecule has 1 aliphatic carbocycles. The number of fused-ring (bicyclic) bond motifs is 1. The third kappa shape index (κ3) is 1.28. The van der Waals surface area contributed by atoms with E-state index in [9.17, 15) is 20.4 Å². The fourth-order valence-corrected chi connectivity index (χ4v) is 1.87. The lowest BCUT2D eigenvalue weighted by Gasteiger charge is -2.30. The van der Waals surface area contributed by atoms with Gasteiger partial charge < -0.3 is 20.4 Å². The molecule has 0 aromatic heterocycles. The van der Waals surface area contributed by atoms with Crippen molar-refractivity contribution in [1.82, 2.24) is 0 Å². The normalized spacial score (nSPS) is 31.2. The van der Waals surface area contributed by atoms with Gasteiger partial charge in [-0.05, 0) is 11.6 Å². The smallest absolute Gasteiger partial charge is 0.121 e. The van der Waals surface area contributed by atoms with Crippen LogP contribution in [0.25, 0.3) is 0 Å². The van der Waals surface area contributed by atoms with Crippen LogP contribution >= 0.6 is 0 Å². The first-order chi connectivity index (χ1) is 6.61. The molecule has 4 N–H and O–H groups in total. The number of aliphatic hydroxyl groups excluding tert-OH is 3. The molecule has 0 aliphatic heterocycles. The summed E-state index contributed by atoms with van der Waals surface area (Å²) in [5.41, 5.74) is 0.724. The quantitative estimate of drug-likeness (QED) is 0.478. The highest BCUT2D eigenvalue weighted by Gasteiger charge is 2.33. The topological polar surface area (TPSA) is 80.9 Å². The van der Waals surface area contributed by atoms with Gasteiger partial charge in [-0.2, -0.15) is 0 Å². The molecule has 0 bridgehead atoms. The average molecular weight is 196 g/mol. The minimum atomic E-state index is -1.03. The highest BCUT2D eigenvalue weighted by molar-refractivity contribution is 5.44. The summed E-state index contributed by atoms with van der Waals surface area (Å²) in [7, 11) is 0. The molecule has 0 spiro atoms. The number of phenolic OH excluding ortho intramolecular Hbond substituents is 1. The van der Waals surface area contributed by atoms with Crippen molar-refractivity contribution in [3.05, 3.63) is 29.3 Å². The van der Waals surface area contributed by atoms with Crippen molar-refractivity contribution in [3.63, 3.8) is 0 Å². The molecule has 0 saturated carbocycles. The van der Waals surface area contributed by atoms with Crippen LogP contribution in [-0.4, -0.2) is 26.5 Å². The standard InChI is InChI=1S/C10H12O4/c11-6-3-1-2-5-9(6)7(12)4-8(13)10(5)14/h1-3,7-8,10-14H,4H2/t7-,8-,10+/m0/s1. The maximum Gasteiger partial charge on any atom is 0.121 e. The van der Waals surface area contributed by atoms with Crippen LogP contribution in [0.1, 0.15) is 29.8 Å². The van der Waals surface area contributed by atoms with E-state index >= 15 is 0 Å². The van der Waals surface area contributed by atoms with Gasteiger partial charge >= 0.3 is 0 Å². The van der Waals surface area contributed by atoms with Gasteiger partial charge in [0.25, 0.3) is 0 Å². The second kappa shape index (κ2) is 3.24. The Kier molecular flexibility index (Phi) is 2.19. The molecule has 4 nitrogen and oxygen atoms in total. The van der Waals surface area contributed by atoms with Crippen molar-refractivity contribution in [1.29, 1.82) is 0 Å². The third-order valence-corrected chi connectivity index (χ3v) is 2.60. The van der Waals surface area contributed by atoms with Gasteiger partial charge in [-0.25, -0.2) is 0 Å². The number of hydrogen-bond acceptors (Lipinski definition) is 4. The van der Waals surface area contributed by atoms with Gasteiger partial charge in [0.05, 0.1) is 12.2 Å². The first kappa shape index (κ1) is 9.45. The zero-order valence-electron chi connectivity index (χ0n) is 7.46. The van der Waals surface area contributed by atoms with Crippen LogP contribution in [0.4, 0.5) is 0 Å². The van der Waals surface area contributed by atoms with Crippen molar-refractivity contribution in [2.45, 2.75) is 24.7 Å². The Morgan fingerprint density at radius 3 is 2.57 bits per heavy atom. The largest absolute Gasteiger partial charge is 0.508 e. The predicted molar refractivity (Wildman–Crippen MR) is 48.7 cm³/mol. The van der Waals surface area contributed by atoms with Crippen LogP contribution in [0, 0.1) is 0 Å². The van der Waals surface area contributed by atoms with Crippen LogP contribution < -0.4 is 0 Å². The average Bonchev–Trinajstić information content (AvgIpc) is 2.14. The fraction of sp³-hybridized carbons (Fsp3) is 0.400. The van der Waals surface area contributed by atoms with E-state index in [0.717, 1.165) is 0 Å². The zero-order chi connectivity index (χ0) is 10.3. The Morgan fingerprint density at radius 2 is 1.86 bits per heavy atom. The molecule has 2 rings (SSSR count). The molecule has 0 saturated heterocycles. The van der Waals surface area contributed by atoms with Gasteiger partial charge in [-0.1, -0.05) is 12.1 Å². The molecule has 1 aromatic carbocycles. The summed E-state index contributed by atoms with van der Waals surface area (Å²) in [5.74, 6) is -0.0408. The van der Waals surface area contributed by atoms with Crippen molar-refractivity contribution < 1.29 is 20.4 Å². The SMILES string of the molecule is Oc1cccc2c1[C@@H](O)C[C@H](O)[C@@H]2O. The van der Waals surface area contributed by atoms with Crippen molar-refractivity contribution in [3.8, 4) is 5.75 Å². The first-order valence-electron chi connectivity index (χ1n) is 4.47. The highest BCUT2D eigenvalue weighted by atomic mass is 16.3. The lowest BCUT2D eigenvalue weighted by atomic mass is 9.85. The van der Waals surface area contributed by atoms with Crippen molar-refractivity contribution >= 4 is 0 Å². The molecular formula is C10H12O4. The highest BCUT2D eigenvalue weighted by Crippen LogP contribution is 2.40. The molecule has 0 amide bonds. The summed E-state index contributed by atoms with van der Waals surface area (Å²) in [5, 5.41) is 38.1. The molecule has 0 radical (unpaired) electrons. The predicted octanol–water partition coefficient (Wildman–Crippen LogP) is 0.224. The number of rotatable bonds is 0. The minimum absolute atomic E-state index is 0.0408. The summed E-state index contributed by atoms with van der Waals surface area (Å²) >= 11 is 0. The minimum Gasteiger partial charge on any atom is -0.508 e. The van der Waals surface area contributed by atoms with Gasteiger partial charge in [0.15, 0.2) is 0 Å². The molecule has 1 aromatic rings. The van der Waals surface area contributed by atoms with Crippen LogP contribution in [0.2, 0.25) is 0 Å². The Morgan fingerprint density at radius 1 is 1.14 bits per heavy atom. The molecule has 0 unspecified atom stereocenters. The van der Waals surface area contributed by atoms with E-state index in [-0.39, 0.29) is 12.2 Å². The Bertz CT molecular complexity index is 350. The molecule has 0 fully saturated rings. The number of phenols is 1. The molecule has 4 heteroatoms. The van der Waals surface area contributed by atoms with E-state index in [4.69, 9.17) is 0 Å². The molecular weight excluding hydrogens is 184 g/mol. The number of hydrogen-bond donors (Lipinski definition) is 4. The monoisotopic (exact) mass is 196 g/mol. The molecule has 1 aliphatic rings. The Balaban J connectivity index is 2.55. The van der Waals surface area contributed by atoms with E-state index in [0.29, 0.717) is 11.1 Å². The third-order valence-electron chi connectivity index (χ3n) is 2.60. The van der Waals surface area contributed by atoms with E-state index < -0.39 is 18.3 Å². The van der Waals surface area contributed by atoms with E-state index in [1.54, 1.807) is 12.1 Å². The Hall–Kier alpha value is -1.10. The van der Waals surface area contributed by atoms with Gasteiger partial charge in [0, 0.05) is 12.0 Å². The van der Waals surface area contributed by atoms with E-state index in [1.807, 2.05) is 0 Å². The first-order valence-corrected chi connectivity index (χ1v) is 4.47. The summed E-state index contributed by atoms with van der Waals surface area (Å²) < 4.78 is 0. The lowest BCUT2D eigenvalue weighted by Crippen LogP contribution is -2.27. The maximum atomic E-state index is 9.60. The Labute approximate surface area is 81.1 Å². The van der Waals surface area contributed by atoms with Crippen molar-refractivity contribution in [2.24, 2.45) is 0 Å².